The Balaban J connectivity index is 0.00000306. The van der Waals surface area contributed by atoms with E-state index in [1.165, 1.54) is 28.0 Å². The third-order valence-electron chi connectivity index (χ3n) is 6.24. The van der Waals surface area contributed by atoms with Crippen molar-refractivity contribution >= 4 is 51.7 Å². The molecule has 5 atom stereocenters. The summed E-state index contributed by atoms with van der Waals surface area (Å²) in [5.74, 6) is -2.07. The average molecular weight is 504 g/mol. The number of anilines is 1. The Hall–Kier alpha value is -1.34. The number of aliphatic carboxylic acids is 1. The maximum atomic E-state index is 13.1. The molecule has 0 aromatic carbocycles. The van der Waals surface area contributed by atoms with Gasteiger partial charge in [-0.3, -0.25) is 9.59 Å². The van der Waals surface area contributed by atoms with Gasteiger partial charge in [0.25, 0.3) is 5.91 Å². The number of thioether (sulfide) groups is 1. The van der Waals surface area contributed by atoms with Crippen molar-refractivity contribution < 1.29 is 53.9 Å². The summed E-state index contributed by atoms with van der Waals surface area (Å²) in [6, 6.07) is -1.92. The second kappa shape index (κ2) is 10.1. The molecule has 2 aliphatic heterocycles. The predicted molar refractivity (Wildman–Crippen MR) is 119 cm³/mol. The maximum Gasteiger partial charge on any atom is 1.00 e. The van der Waals surface area contributed by atoms with Gasteiger partial charge in [0.15, 0.2) is 10.8 Å². The molecule has 0 spiro atoms. The number of carbonyl (C=O) groups excluding carboxylic acids is 3. The van der Waals surface area contributed by atoms with Gasteiger partial charge in [-0.25, -0.2) is 4.98 Å². The minimum Gasteiger partial charge on any atom is -0.548 e. The van der Waals surface area contributed by atoms with Crippen LogP contribution in [0.15, 0.2) is 10.5 Å². The van der Waals surface area contributed by atoms with Crippen LogP contribution in [0.25, 0.3) is 0 Å². The summed E-state index contributed by atoms with van der Waals surface area (Å²) in [6.07, 6.45) is 3.97. The summed E-state index contributed by atoms with van der Waals surface area (Å²) >= 11 is 2.49. The van der Waals surface area contributed by atoms with Gasteiger partial charge in [0.2, 0.25) is 5.91 Å². The van der Waals surface area contributed by atoms with Gasteiger partial charge in [0, 0.05) is 10.1 Å². The first-order valence-corrected chi connectivity index (χ1v) is 12.3. The topological polar surface area (TPSA) is 150 Å². The van der Waals surface area contributed by atoms with E-state index in [0.29, 0.717) is 5.92 Å². The molecule has 1 saturated carbocycles. The van der Waals surface area contributed by atoms with Crippen molar-refractivity contribution in [2.75, 3.05) is 5.73 Å². The number of nitrogens with zero attached hydrogens (tertiary/aromatic N) is 3. The van der Waals surface area contributed by atoms with Gasteiger partial charge in [-0.2, -0.15) is 0 Å². The molecule has 0 bridgehead atoms. The predicted octanol–water partition coefficient (Wildman–Crippen LogP) is -2.67. The number of carbonyl (C=O) groups is 3. The van der Waals surface area contributed by atoms with E-state index < -0.39 is 40.0 Å². The number of β-lactam (4-membered cyclic amide) rings is 1. The van der Waals surface area contributed by atoms with E-state index in [4.69, 9.17) is 10.6 Å². The Labute approximate surface area is 222 Å². The second-order valence-electron chi connectivity index (χ2n) is 8.95. The third-order valence-corrected chi connectivity index (χ3v) is 8.49. The number of nitrogens with one attached hydrogen (secondary N) is 1. The van der Waals surface area contributed by atoms with Crippen LogP contribution in [0.2, 0.25) is 0 Å². The van der Waals surface area contributed by atoms with Crippen molar-refractivity contribution in [3.63, 3.8) is 0 Å². The third kappa shape index (κ3) is 5.04. The average Bonchev–Trinajstić information content (AvgIpc) is 3.26. The fraction of sp³-hybridized carbons (Fsp3) is 0.650. The number of rotatable bonds is 6. The second-order valence-corrected chi connectivity index (χ2v) is 11.6. The van der Waals surface area contributed by atoms with Crippen LogP contribution in [-0.4, -0.2) is 61.7 Å². The van der Waals surface area contributed by atoms with Gasteiger partial charge in [-0.05, 0) is 39.0 Å². The minimum atomic E-state index is -1.31. The Kier molecular flexibility index (Phi) is 8.04. The Bertz CT molecular complexity index is 970. The number of aromatic nitrogens is 1. The molecule has 3 fully saturated rings. The monoisotopic (exact) mass is 503 g/mol. The number of oxime groups is 1. The summed E-state index contributed by atoms with van der Waals surface area (Å²) < 4.78 is -0.737. The first-order valence-electron chi connectivity index (χ1n) is 10.6. The Morgan fingerprint density at radius 2 is 2.06 bits per heavy atom. The minimum absolute atomic E-state index is 0. The zero-order chi connectivity index (χ0) is 23.2. The Morgan fingerprint density at radius 3 is 2.67 bits per heavy atom. The number of thiazole rings is 1. The number of hydrogen-bond donors (Lipinski definition) is 2. The molecule has 33 heavy (non-hydrogen) atoms. The van der Waals surface area contributed by atoms with Crippen molar-refractivity contribution in [3.05, 3.63) is 11.1 Å². The fourth-order valence-electron chi connectivity index (χ4n) is 4.50. The fourth-order valence-corrected chi connectivity index (χ4v) is 6.66. The molecule has 13 heteroatoms. The number of nitrogen functional groups attached to an aromatic ring is 1. The largest absolute Gasteiger partial charge is 1.00 e. The number of amides is 2. The molecular formula is C20H26N5NaO5S2. The summed E-state index contributed by atoms with van der Waals surface area (Å²) in [4.78, 5) is 48.5. The zero-order valence-electron chi connectivity index (χ0n) is 19.1. The summed E-state index contributed by atoms with van der Waals surface area (Å²) in [5.41, 5.74) is 5.95. The van der Waals surface area contributed by atoms with Gasteiger partial charge in [0.05, 0.1) is 12.0 Å². The standard InChI is InChI=1S/C20H27N5O5S2.Na/c1-9-6-4-5-7-11(9)30-24-12(10-8-31-19(21)22-10)15(26)23-13-16(27)25-14(18(28)29)20(2,3)32-17(13)25;/h8-9,11,13-14,17H,4-7H2,1-3H3,(H2,21,22)(H,23,26)(H,28,29);/q;+1/p-1/b24-12-;/t9-,11-,13+,14+,17-;/m1./s1. The molecule has 0 unspecified atom stereocenters. The summed E-state index contributed by atoms with van der Waals surface area (Å²) in [5, 5.41) is 19.8. The molecular weight excluding hydrogens is 477 g/mol. The molecule has 3 aliphatic rings. The first-order chi connectivity index (χ1) is 15.1. The van der Waals surface area contributed by atoms with Crippen LogP contribution >= 0.6 is 23.1 Å². The van der Waals surface area contributed by atoms with Crippen LogP contribution in [0.3, 0.4) is 0 Å². The van der Waals surface area contributed by atoms with E-state index in [0.717, 1.165) is 25.7 Å². The van der Waals surface area contributed by atoms with Crippen LogP contribution in [-0.2, 0) is 19.2 Å². The molecule has 3 heterocycles. The molecule has 1 aromatic rings. The van der Waals surface area contributed by atoms with Crippen LogP contribution in [0.5, 0.6) is 0 Å². The molecule has 4 rings (SSSR count). The first kappa shape index (κ1) is 26.3. The van der Waals surface area contributed by atoms with Crippen LogP contribution in [0.4, 0.5) is 5.13 Å². The van der Waals surface area contributed by atoms with Crippen LogP contribution in [0, 0.1) is 5.92 Å². The maximum absolute atomic E-state index is 13.1. The van der Waals surface area contributed by atoms with Crippen molar-refractivity contribution in [2.45, 2.75) is 74.8 Å². The van der Waals surface area contributed by atoms with E-state index in [2.05, 4.69) is 22.4 Å². The van der Waals surface area contributed by atoms with E-state index in [1.54, 1.807) is 19.2 Å². The normalized spacial score (nSPS) is 30.6. The molecule has 3 N–H and O–H groups in total. The molecule has 0 radical (unpaired) electrons. The van der Waals surface area contributed by atoms with Crippen molar-refractivity contribution in [2.24, 2.45) is 11.1 Å². The van der Waals surface area contributed by atoms with Gasteiger partial charge in [-0.1, -0.05) is 18.5 Å². The number of fused-ring (bicyclic) bond motifs is 1. The van der Waals surface area contributed by atoms with Crippen LogP contribution < -0.4 is 45.7 Å². The summed E-state index contributed by atoms with van der Waals surface area (Å²) in [6.45, 7) is 5.58. The summed E-state index contributed by atoms with van der Waals surface area (Å²) in [7, 11) is 0. The molecule has 2 saturated heterocycles. The molecule has 1 aromatic heterocycles. The van der Waals surface area contributed by atoms with E-state index >= 15 is 0 Å². The molecule has 2 amide bonds. The number of hydrogen-bond acceptors (Lipinski definition) is 10. The Morgan fingerprint density at radius 1 is 1.36 bits per heavy atom. The molecule has 174 valence electrons. The quantitative estimate of drug-likeness (QED) is 0.185. The van der Waals surface area contributed by atoms with Gasteiger partial charge >= 0.3 is 29.6 Å². The van der Waals surface area contributed by atoms with Gasteiger partial charge < -0.3 is 30.7 Å². The zero-order valence-corrected chi connectivity index (χ0v) is 22.7. The van der Waals surface area contributed by atoms with Crippen molar-refractivity contribution in [1.82, 2.24) is 15.2 Å². The van der Waals surface area contributed by atoms with E-state index in [-0.39, 0.29) is 52.2 Å². The number of carboxylic acid groups (broad SMARTS) is 1. The number of carboxylic acids is 1. The van der Waals surface area contributed by atoms with E-state index in [1.807, 2.05) is 0 Å². The van der Waals surface area contributed by atoms with Crippen LogP contribution in [0.1, 0.15) is 52.1 Å². The number of nitrogens with two attached hydrogens (primary N) is 1. The van der Waals surface area contributed by atoms with Gasteiger partial charge in [-0.15, -0.1) is 23.1 Å². The van der Waals surface area contributed by atoms with Gasteiger partial charge in [0.1, 0.15) is 23.2 Å². The molecule has 1 aliphatic carbocycles. The molecule has 10 nitrogen and oxygen atoms in total. The SMILES string of the molecule is C[C@@H]1CCCC[C@H]1O/N=C(\C(=O)N[C@H]1C(=O)N2[C@@H]1SC(C)(C)[C@@H]2C(=O)[O-])c1csc(N)n1.[Na+]. The van der Waals surface area contributed by atoms with Crippen molar-refractivity contribution in [3.8, 4) is 0 Å². The van der Waals surface area contributed by atoms with Crippen molar-refractivity contribution in [1.29, 1.82) is 0 Å². The van der Waals surface area contributed by atoms with E-state index in [9.17, 15) is 19.5 Å². The smallest absolute Gasteiger partial charge is 0.548 e.